The SMILES string of the molecule is Cc1nc2c(c(-c3ccccc3)n1)Cc1c(ccc3ccccc13)O2. The summed E-state index contributed by atoms with van der Waals surface area (Å²) >= 11 is 0. The third-order valence-corrected chi connectivity index (χ3v) is 4.69. The summed E-state index contributed by atoms with van der Waals surface area (Å²) in [5.41, 5.74) is 4.31. The summed E-state index contributed by atoms with van der Waals surface area (Å²) in [6.07, 6.45) is 0.774. The first kappa shape index (κ1) is 14.2. The first-order valence-electron chi connectivity index (χ1n) is 8.41. The molecule has 3 nitrogen and oxygen atoms in total. The molecule has 120 valence electrons. The van der Waals surface area contributed by atoms with Crippen molar-refractivity contribution in [1.29, 1.82) is 0 Å². The summed E-state index contributed by atoms with van der Waals surface area (Å²) in [5.74, 6) is 2.29. The van der Waals surface area contributed by atoms with Crippen LogP contribution in [0.2, 0.25) is 0 Å². The molecule has 0 N–H and O–H groups in total. The van der Waals surface area contributed by atoms with Crippen LogP contribution in [0.3, 0.4) is 0 Å². The predicted molar refractivity (Wildman–Crippen MR) is 99.0 cm³/mol. The van der Waals surface area contributed by atoms with E-state index in [4.69, 9.17) is 9.72 Å². The number of hydrogen-bond donors (Lipinski definition) is 0. The minimum Gasteiger partial charge on any atom is -0.438 e. The Bertz CT molecular complexity index is 1100. The Labute approximate surface area is 146 Å². The average Bonchev–Trinajstić information content (AvgIpc) is 2.66. The van der Waals surface area contributed by atoms with E-state index < -0.39 is 0 Å². The molecule has 0 radical (unpaired) electrons. The molecule has 0 spiro atoms. The van der Waals surface area contributed by atoms with Crippen molar-refractivity contribution < 1.29 is 4.74 Å². The molecule has 3 heteroatoms. The molecule has 0 bridgehead atoms. The standard InChI is InChI=1S/C22H16N2O/c1-14-23-21(16-8-3-2-4-9-16)19-13-18-17-10-6-5-7-15(17)11-12-20(18)25-22(19)24-14/h2-12H,13H2,1H3. The van der Waals surface area contributed by atoms with Crippen molar-refractivity contribution in [3.63, 3.8) is 0 Å². The van der Waals surface area contributed by atoms with Crippen LogP contribution in [0.5, 0.6) is 11.6 Å². The van der Waals surface area contributed by atoms with Crippen molar-refractivity contribution in [1.82, 2.24) is 9.97 Å². The van der Waals surface area contributed by atoms with Crippen molar-refractivity contribution in [2.24, 2.45) is 0 Å². The van der Waals surface area contributed by atoms with Crippen molar-refractivity contribution in [2.45, 2.75) is 13.3 Å². The number of nitrogens with zero attached hydrogens (tertiary/aromatic N) is 2. The van der Waals surface area contributed by atoms with Crippen LogP contribution >= 0.6 is 0 Å². The molecule has 5 rings (SSSR count). The molecule has 1 aliphatic rings. The number of benzene rings is 3. The zero-order chi connectivity index (χ0) is 16.8. The molecule has 0 unspecified atom stereocenters. The van der Waals surface area contributed by atoms with Crippen LogP contribution in [-0.4, -0.2) is 9.97 Å². The molecule has 0 atom stereocenters. The Kier molecular flexibility index (Phi) is 3.07. The Balaban J connectivity index is 1.74. The van der Waals surface area contributed by atoms with Gasteiger partial charge in [0, 0.05) is 23.1 Å². The van der Waals surface area contributed by atoms with Gasteiger partial charge in [0.1, 0.15) is 11.6 Å². The molecule has 3 aromatic carbocycles. The van der Waals surface area contributed by atoms with E-state index in [-0.39, 0.29) is 0 Å². The van der Waals surface area contributed by atoms with Gasteiger partial charge in [0.15, 0.2) is 0 Å². The highest BCUT2D eigenvalue weighted by Gasteiger charge is 2.24. The number of aryl methyl sites for hydroxylation is 1. The van der Waals surface area contributed by atoms with Crippen molar-refractivity contribution >= 4 is 10.8 Å². The monoisotopic (exact) mass is 324 g/mol. The number of rotatable bonds is 1. The molecule has 4 aromatic rings. The van der Waals surface area contributed by atoms with E-state index in [2.05, 4.69) is 47.4 Å². The van der Waals surface area contributed by atoms with Gasteiger partial charge in [-0.25, -0.2) is 4.98 Å². The molecule has 0 aliphatic carbocycles. The number of hydrogen-bond acceptors (Lipinski definition) is 3. The third-order valence-electron chi connectivity index (χ3n) is 4.69. The van der Waals surface area contributed by atoms with Gasteiger partial charge in [0.05, 0.1) is 5.69 Å². The molecular weight excluding hydrogens is 308 g/mol. The van der Waals surface area contributed by atoms with Crippen LogP contribution in [0.1, 0.15) is 17.0 Å². The van der Waals surface area contributed by atoms with E-state index in [1.807, 2.05) is 31.2 Å². The summed E-state index contributed by atoms with van der Waals surface area (Å²) < 4.78 is 6.18. The molecule has 0 saturated heterocycles. The fourth-order valence-corrected chi connectivity index (χ4v) is 3.52. The average molecular weight is 324 g/mol. The Hall–Kier alpha value is -3.20. The zero-order valence-electron chi connectivity index (χ0n) is 13.9. The lowest BCUT2D eigenvalue weighted by atomic mass is 9.93. The summed E-state index contributed by atoms with van der Waals surface area (Å²) in [4.78, 5) is 9.26. The number of ether oxygens (including phenoxy) is 1. The number of fused-ring (bicyclic) bond motifs is 4. The fourth-order valence-electron chi connectivity index (χ4n) is 3.52. The number of aromatic nitrogens is 2. The maximum atomic E-state index is 6.18. The normalized spacial score (nSPS) is 12.4. The van der Waals surface area contributed by atoms with Gasteiger partial charge in [-0.15, -0.1) is 0 Å². The highest BCUT2D eigenvalue weighted by Crippen LogP contribution is 2.42. The Morgan fingerprint density at radius 2 is 1.60 bits per heavy atom. The predicted octanol–water partition coefficient (Wildman–Crippen LogP) is 5.30. The maximum Gasteiger partial charge on any atom is 0.226 e. The van der Waals surface area contributed by atoms with Gasteiger partial charge in [-0.05, 0) is 23.8 Å². The van der Waals surface area contributed by atoms with Gasteiger partial charge in [-0.3, -0.25) is 0 Å². The van der Waals surface area contributed by atoms with Crippen LogP contribution in [0.15, 0.2) is 66.7 Å². The Morgan fingerprint density at radius 3 is 2.48 bits per heavy atom. The Morgan fingerprint density at radius 1 is 0.800 bits per heavy atom. The highest BCUT2D eigenvalue weighted by atomic mass is 16.5. The summed E-state index contributed by atoms with van der Waals surface area (Å²) in [5, 5.41) is 2.45. The minimum absolute atomic E-state index is 0.675. The second kappa shape index (κ2) is 5.42. The first-order chi connectivity index (χ1) is 12.3. The molecule has 0 fully saturated rings. The van der Waals surface area contributed by atoms with E-state index >= 15 is 0 Å². The lowest BCUT2D eigenvalue weighted by Gasteiger charge is -2.23. The molecule has 25 heavy (non-hydrogen) atoms. The van der Waals surface area contributed by atoms with Gasteiger partial charge >= 0.3 is 0 Å². The lowest BCUT2D eigenvalue weighted by molar-refractivity contribution is 0.439. The summed E-state index contributed by atoms with van der Waals surface area (Å²) in [6.45, 7) is 1.91. The highest BCUT2D eigenvalue weighted by molar-refractivity contribution is 5.89. The van der Waals surface area contributed by atoms with E-state index in [1.54, 1.807) is 0 Å². The maximum absolute atomic E-state index is 6.18. The topological polar surface area (TPSA) is 35.0 Å². The van der Waals surface area contributed by atoms with Crippen LogP contribution < -0.4 is 4.74 Å². The lowest BCUT2D eigenvalue weighted by Crippen LogP contribution is -2.09. The van der Waals surface area contributed by atoms with Gasteiger partial charge in [0.2, 0.25) is 5.88 Å². The van der Waals surface area contributed by atoms with Gasteiger partial charge in [0.25, 0.3) is 0 Å². The zero-order valence-corrected chi connectivity index (χ0v) is 13.9. The molecule has 1 aliphatic heterocycles. The quantitative estimate of drug-likeness (QED) is 0.419. The second-order valence-corrected chi connectivity index (χ2v) is 6.31. The van der Waals surface area contributed by atoms with Gasteiger partial charge in [-0.1, -0.05) is 60.7 Å². The fraction of sp³-hybridized carbons (Fsp3) is 0.0909. The van der Waals surface area contributed by atoms with Crippen molar-refractivity contribution in [2.75, 3.05) is 0 Å². The van der Waals surface area contributed by atoms with E-state index in [0.29, 0.717) is 5.88 Å². The summed E-state index contributed by atoms with van der Waals surface area (Å²) in [7, 11) is 0. The van der Waals surface area contributed by atoms with Crippen LogP contribution in [0.4, 0.5) is 0 Å². The van der Waals surface area contributed by atoms with E-state index in [0.717, 1.165) is 34.8 Å². The van der Waals surface area contributed by atoms with Crippen LogP contribution in [-0.2, 0) is 6.42 Å². The smallest absolute Gasteiger partial charge is 0.226 e. The van der Waals surface area contributed by atoms with Crippen LogP contribution in [0, 0.1) is 6.92 Å². The first-order valence-corrected chi connectivity index (χ1v) is 8.41. The van der Waals surface area contributed by atoms with Gasteiger partial charge in [-0.2, -0.15) is 4.98 Å². The minimum atomic E-state index is 0.675. The largest absolute Gasteiger partial charge is 0.438 e. The van der Waals surface area contributed by atoms with E-state index in [9.17, 15) is 0 Å². The molecule has 0 saturated carbocycles. The molecule has 2 heterocycles. The van der Waals surface area contributed by atoms with Crippen molar-refractivity contribution in [3.05, 3.63) is 83.7 Å². The molecule has 0 amide bonds. The van der Waals surface area contributed by atoms with Crippen molar-refractivity contribution in [3.8, 4) is 22.9 Å². The van der Waals surface area contributed by atoms with Gasteiger partial charge < -0.3 is 4.74 Å². The molecular formula is C22H16N2O. The molecule has 1 aromatic heterocycles. The van der Waals surface area contributed by atoms with E-state index in [1.165, 1.54) is 16.3 Å². The second-order valence-electron chi connectivity index (χ2n) is 6.31. The van der Waals surface area contributed by atoms with Crippen LogP contribution in [0.25, 0.3) is 22.0 Å². The summed E-state index contributed by atoms with van der Waals surface area (Å²) in [6, 6.07) is 22.8. The third kappa shape index (κ3) is 2.28.